The Labute approximate surface area is 174 Å². The number of nitrogens with zero attached hydrogens (tertiary/aromatic N) is 3. The average Bonchev–Trinajstić information content (AvgIpc) is 3.21. The Balaban J connectivity index is 0.00000243. The minimum atomic E-state index is -2.82. The maximum absolute atomic E-state index is 11.6. The van der Waals surface area contributed by atoms with Crippen LogP contribution >= 0.6 is 24.0 Å². The lowest BCUT2D eigenvalue weighted by Gasteiger charge is -2.37. The van der Waals surface area contributed by atoms with Crippen molar-refractivity contribution < 1.29 is 13.2 Å². The molecule has 9 heteroatoms. The van der Waals surface area contributed by atoms with Crippen LogP contribution in [0.15, 0.2) is 4.99 Å². The summed E-state index contributed by atoms with van der Waals surface area (Å²) in [5.74, 6) is 2.44. The van der Waals surface area contributed by atoms with E-state index in [1.165, 1.54) is 6.42 Å². The molecular formula is C17H33IN4O3S. The lowest BCUT2D eigenvalue weighted by molar-refractivity contribution is 0.139. The van der Waals surface area contributed by atoms with Gasteiger partial charge in [0.15, 0.2) is 15.8 Å². The molecule has 3 aliphatic heterocycles. The average molecular weight is 500 g/mol. The summed E-state index contributed by atoms with van der Waals surface area (Å²) in [6.07, 6.45) is 1.94. The monoisotopic (exact) mass is 500 g/mol. The molecule has 0 radical (unpaired) electrons. The molecule has 0 bridgehead atoms. The van der Waals surface area contributed by atoms with Crippen LogP contribution in [0.5, 0.6) is 0 Å². The minimum Gasteiger partial charge on any atom is -0.381 e. The maximum Gasteiger partial charge on any atom is 0.194 e. The number of sulfone groups is 1. The summed E-state index contributed by atoms with van der Waals surface area (Å²) in [6.45, 7) is 10.5. The summed E-state index contributed by atoms with van der Waals surface area (Å²) in [5.41, 5.74) is 0. The van der Waals surface area contributed by atoms with Crippen LogP contribution in [0.4, 0.5) is 0 Å². The molecule has 0 amide bonds. The van der Waals surface area contributed by atoms with Gasteiger partial charge in [0.25, 0.3) is 0 Å². The Bertz CT molecular complexity index is 558. The van der Waals surface area contributed by atoms with E-state index in [4.69, 9.17) is 9.73 Å². The number of halogens is 1. The molecule has 7 nitrogen and oxygen atoms in total. The van der Waals surface area contributed by atoms with E-state index in [9.17, 15) is 8.42 Å². The Morgan fingerprint density at radius 3 is 2.54 bits per heavy atom. The van der Waals surface area contributed by atoms with Gasteiger partial charge in [0.1, 0.15) is 0 Å². The van der Waals surface area contributed by atoms with Crippen LogP contribution in [0.3, 0.4) is 0 Å². The van der Waals surface area contributed by atoms with Crippen molar-refractivity contribution in [2.75, 3.05) is 70.5 Å². The molecule has 3 aliphatic rings. The Kier molecular flexibility index (Phi) is 8.89. The zero-order valence-electron chi connectivity index (χ0n) is 15.7. The summed E-state index contributed by atoms with van der Waals surface area (Å²) in [7, 11) is -2.82. The van der Waals surface area contributed by atoms with Gasteiger partial charge < -0.3 is 15.0 Å². The first-order valence-electron chi connectivity index (χ1n) is 9.59. The first-order chi connectivity index (χ1) is 12.1. The smallest absolute Gasteiger partial charge is 0.194 e. The van der Waals surface area contributed by atoms with E-state index in [-0.39, 0.29) is 29.9 Å². The molecule has 0 saturated carbocycles. The summed E-state index contributed by atoms with van der Waals surface area (Å²) in [4.78, 5) is 9.59. The Morgan fingerprint density at radius 1 is 1.19 bits per heavy atom. The van der Waals surface area contributed by atoms with Crippen molar-refractivity contribution in [3.05, 3.63) is 0 Å². The predicted molar refractivity (Wildman–Crippen MR) is 115 cm³/mol. The van der Waals surface area contributed by atoms with Gasteiger partial charge in [-0.3, -0.25) is 9.89 Å². The second-order valence-electron chi connectivity index (χ2n) is 7.48. The van der Waals surface area contributed by atoms with Gasteiger partial charge in [-0.2, -0.15) is 0 Å². The molecule has 1 N–H and O–H groups in total. The lowest BCUT2D eigenvalue weighted by Crippen LogP contribution is -2.53. The molecule has 3 heterocycles. The second kappa shape index (κ2) is 10.4. The van der Waals surface area contributed by atoms with Gasteiger partial charge in [0, 0.05) is 52.4 Å². The van der Waals surface area contributed by atoms with Crippen molar-refractivity contribution in [2.45, 2.75) is 19.8 Å². The van der Waals surface area contributed by atoms with Crippen LogP contribution in [-0.4, -0.2) is 94.7 Å². The number of ether oxygens (including phenoxy) is 1. The molecule has 0 aromatic carbocycles. The third-order valence-corrected chi connectivity index (χ3v) is 7.21. The summed E-state index contributed by atoms with van der Waals surface area (Å²) in [6, 6.07) is 0. The van der Waals surface area contributed by atoms with Crippen LogP contribution in [0.2, 0.25) is 0 Å². The van der Waals surface area contributed by atoms with Crippen LogP contribution in [0, 0.1) is 11.8 Å². The van der Waals surface area contributed by atoms with Gasteiger partial charge >= 0.3 is 0 Å². The third kappa shape index (κ3) is 6.49. The molecule has 0 aromatic rings. The first-order valence-corrected chi connectivity index (χ1v) is 11.4. The van der Waals surface area contributed by atoms with Crippen LogP contribution in [0.25, 0.3) is 0 Å². The molecule has 3 rings (SSSR count). The standard InChI is InChI=1S/C17H32N4O3S.HI/c1-2-18-17(19-11-15-4-10-25(22,23)14-15)21-7-5-20(6-8-21)12-16-3-9-24-13-16;/h15-16H,2-14H2,1H3,(H,18,19);1H. The normalized spacial score (nSPS) is 29.6. The Hall–Kier alpha value is -0.130. The van der Waals surface area contributed by atoms with Crippen molar-refractivity contribution in [1.29, 1.82) is 0 Å². The fraction of sp³-hybridized carbons (Fsp3) is 0.941. The summed E-state index contributed by atoms with van der Waals surface area (Å²) >= 11 is 0. The van der Waals surface area contributed by atoms with E-state index in [0.29, 0.717) is 24.0 Å². The van der Waals surface area contributed by atoms with Crippen LogP contribution in [-0.2, 0) is 14.6 Å². The highest BCUT2D eigenvalue weighted by molar-refractivity contribution is 14.0. The number of hydrogen-bond donors (Lipinski definition) is 1. The largest absolute Gasteiger partial charge is 0.381 e. The van der Waals surface area contributed by atoms with Gasteiger partial charge in [-0.1, -0.05) is 0 Å². The topological polar surface area (TPSA) is 74.2 Å². The van der Waals surface area contributed by atoms with E-state index >= 15 is 0 Å². The SMILES string of the molecule is CCNC(=NCC1CCS(=O)(=O)C1)N1CCN(CC2CCOC2)CC1.I. The van der Waals surface area contributed by atoms with Gasteiger partial charge in [-0.15, -0.1) is 24.0 Å². The number of aliphatic imine (C=N–C) groups is 1. The number of nitrogens with one attached hydrogen (secondary N) is 1. The summed E-state index contributed by atoms with van der Waals surface area (Å²) < 4.78 is 28.7. The zero-order valence-corrected chi connectivity index (χ0v) is 18.9. The second-order valence-corrected chi connectivity index (χ2v) is 9.71. The fourth-order valence-electron chi connectivity index (χ4n) is 3.89. The molecule has 0 aliphatic carbocycles. The highest BCUT2D eigenvalue weighted by Crippen LogP contribution is 2.19. The molecular weight excluding hydrogens is 467 g/mol. The molecule has 2 atom stereocenters. The molecule has 3 saturated heterocycles. The van der Waals surface area contributed by atoms with Crippen molar-refractivity contribution in [2.24, 2.45) is 16.8 Å². The van der Waals surface area contributed by atoms with Crippen molar-refractivity contribution in [1.82, 2.24) is 15.1 Å². The first kappa shape index (κ1) is 22.2. The van der Waals surface area contributed by atoms with E-state index in [2.05, 4.69) is 22.0 Å². The quantitative estimate of drug-likeness (QED) is 0.340. The van der Waals surface area contributed by atoms with E-state index in [1.807, 2.05) is 0 Å². The number of piperazine rings is 1. The maximum atomic E-state index is 11.6. The van der Waals surface area contributed by atoms with Gasteiger partial charge in [-0.05, 0) is 31.6 Å². The molecule has 0 aromatic heterocycles. The molecule has 2 unspecified atom stereocenters. The van der Waals surface area contributed by atoms with E-state index in [0.717, 1.165) is 64.9 Å². The fourth-order valence-corrected chi connectivity index (χ4v) is 5.74. The highest BCUT2D eigenvalue weighted by atomic mass is 127. The van der Waals surface area contributed by atoms with Crippen molar-refractivity contribution >= 4 is 39.8 Å². The number of rotatable bonds is 5. The zero-order chi connectivity index (χ0) is 17.7. The highest BCUT2D eigenvalue weighted by Gasteiger charge is 2.28. The van der Waals surface area contributed by atoms with Crippen molar-refractivity contribution in [3.63, 3.8) is 0 Å². The van der Waals surface area contributed by atoms with Gasteiger partial charge in [0.2, 0.25) is 0 Å². The van der Waals surface area contributed by atoms with Crippen molar-refractivity contribution in [3.8, 4) is 0 Å². The minimum absolute atomic E-state index is 0. The summed E-state index contributed by atoms with van der Waals surface area (Å²) in [5, 5.41) is 3.37. The molecule has 3 fully saturated rings. The Morgan fingerprint density at radius 2 is 1.96 bits per heavy atom. The third-order valence-electron chi connectivity index (χ3n) is 5.37. The van der Waals surface area contributed by atoms with Gasteiger partial charge in [0.05, 0.1) is 18.1 Å². The number of guanidine groups is 1. The molecule has 26 heavy (non-hydrogen) atoms. The molecule has 152 valence electrons. The van der Waals surface area contributed by atoms with Gasteiger partial charge in [-0.25, -0.2) is 8.42 Å². The van der Waals surface area contributed by atoms with Crippen LogP contribution in [0.1, 0.15) is 19.8 Å². The molecule has 0 spiro atoms. The van der Waals surface area contributed by atoms with Crippen LogP contribution < -0.4 is 5.32 Å². The predicted octanol–water partition coefficient (Wildman–Crippen LogP) is 0.659. The lowest BCUT2D eigenvalue weighted by atomic mass is 10.1. The van der Waals surface area contributed by atoms with E-state index in [1.54, 1.807) is 0 Å². The number of hydrogen-bond acceptors (Lipinski definition) is 5. The van der Waals surface area contributed by atoms with E-state index < -0.39 is 9.84 Å².